The molecule has 4 heteroatoms. The van der Waals surface area contributed by atoms with E-state index in [-0.39, 0.29) is 17.2 Å². The zero-order valence-electron chi connectivity index (χ0n) is 15.9. The Morgan fingerprint density at radius 1 is 1.08 bits per heavy atom. The average molecular weight is 354 g/mol. The normalized spacial score (nSPS) is 31.7. The van der Waals surface area contributed by atoms with Crippen LogP contribution < -0.4 is 10.6 Å². The number of anilines is 1. The van der Waals surface area contributed by atoms with Gasteiger partial charge in [-0.05, 0) is 81.8 Å². The standard InChI is InChI=1S/C22H30N2O2/c1-3-6-23-20(25)18-7-14(2)4-5-19(18)24-21(26)22-11-15-8-16(12-22)10-17(9-15)13-22/h4-5,7,15-17H,3,6,8-13H2,1-2H3,(H,23,25)(H,24,26). The van der Waals surface area contributed by atoms with Gasteiger partial charge in [0, 0.05) is 6.54 Å². The molecule has 4 fully saturated rings. The number of aryl methyl sites for hydroxylation is 1. The zero-order valence-corrected chi connectivity index (χ0v) is 15.9. The largest absolute Gasteiger partial charge is 0.352 e. The van der Waals surface area contributed by atoms with Crippen molar-refractivity contribution in [3.8, 4) is 0 Å². The predicted octanol–water partition coefficient (Wildman–Crippen LogP) is 4.29. The van der Waals surface area contributed by atoms with E-state index in [1.807, 2.05) is 32.0 Å². The first kappa shape index (κ1) is 17.6. The van der Waals surface area contributed by atoms with Gasteiger partial charge < -0.3 is 10.6 Å². The van der Waals surface area contributed by atoms with Crippen LogP contribution in [0.4, 0.5) is 5.69 Å². The van der Waals surface area contributed by atoms with Crippen LogP contribution >= 0.6 is 0 Å². The van der Waals surface area contributed by atoms with E-state index in [4.69, 9.17) is 0 Å². The first-order chi connectivity index (χ1) is 12.5. The maximum absolute atomic E-state index is 13.3. The first-order valence-corrected chi connectivity index (χ1v) is 10.2. The van der Waals surface area contributed by atoms with Crippen LogP contribution in [0.1, 0.15) is 67.8 Å². The molecule has 0 saturated heterocycles. The van der Waals surface area contributed by atoms with Gasteiger partial charge in [0.05, 0.1) is 16.7 Å². The highest BCUT2D eigenvalue weighted by molar-refractivity contribution is 6.05. The summed E-state index contributed by atoms with van der Waals surface area (Å²) >= 11 is 0. The number of hydrogen-bond acceptors (Lipinski definition) is 2. The van der Waals surface area contributed by atoms with Gasteiger partial charge in [-0.25, -0.2) is 0 Å². The van der Waals surface area contributed by atoms with Gasteiger partial charge in [0.2, 0.25) is 5.91 Å². The van der Waals surface area contributed by atoms with E-state index in [2.05, 4.69) is 10.6 Å². The van der Waals surface area contributed by atoms with Gasteiger partial charge in [-0.15, -0.1) is 0 Å². The fraction of sp³-hybridized carbons (Fsp3) is 0.636. The fourth-order valence-electron chi connectivity index (χ4n) is 5.93. The molecule has 26 heavy (non-hydrogen) atoms. The molecule has 1 aromatic carbocycles. The molecule has 0 spiro atoms. The van der Waals surface area contributed by atoms with Crippen molar-refractivity contribution >= 4 is 17.5 Å². The second kappa shape index (κ2) is 6.71. The van der Waals surface area contributed by atoms with Gasteiger partial charge in [-0.1, -0.05) is 18.6 Å². The number of benzene rings is 1. The molecule has 1 aromatic rings. The van der Waals surface area contributed by atoms with Crippen molar-refractivity contribution in [3.05, 3.63) is 29.3 Å². The van der Waals surface area contributed by atoms with Gasteiger partial charge in [0.25, 0.3) is 5.91 Å². The van der Waals surface area contributed by atoms with Crippen LogP contribution in [0, 0.1) is 30.1 Å². The predicted molar refractivity (Wildman–Crippen MR) is 103 cm³/mol. The maximum Gasteiger partial charge on any atom is 0.253 e. The lowest BCUT2D eigenvalue weighted by Gasteiger charge is -2.55. The molecule has 5 rings (SSSR count). The van der Waals surface area contributed by atoms with E-state index in [1.54, 1.807) is 0 Å². The Morgan fingerprint density at radius 3 is 2.27 bits per heavy atom. The minimum Gasteiger partial charge on any atom is -0.352 e. The van der Waals surface area contributed by atoms with E-state index in [1.165, 1.54) is 19.3 Å². The SMILES string of the molecule is CCCNC(=O)c1cc(C)ccc1NC(=O)C12CC3CC(CC(C3)C1)C2. The van der Waals surface area contributed by atoms with Crippen molar-refractivity contribution in [1.29, 1.82) is 0 Å². The van der Waals surface area contributed by atoms with Crippen molar-refractivity contribution in [3.63, 3.8) is 0 Å². The summed E-state index contributed by atoms with van der Waals surface area (Å²) in [6.45, 7) is 4.66. The number of carbonyl (C=O) groups excluding carboxylic acids is 2. The zero-order chi connectivity index (χ0) is 18.3. The summed E-state index contributed by atoms with van der Waals surface area (Å²) in [5, 5.41) is 6.09. The lowest BCUT2D eigenvalue weighted by atomic mass is 9.49. The van der Waals surface area contributed by atoms with Crippen molar-refractivity contribution in [2.45, 2.75) is 58.8 Å². The Labute approximate surface area is 156 Å². The van der Waals surface area contributed by atoms with E-state index >= 15 is 0 Å². The lowest BCUT2D eigenvalue weighted by molar-refractivity contribution is -0.140. The topological polar surface area (TPSA) is 58.2 Å². The third kappa shape index (κ3) is 3.15. The van der Waals surface area contributed by atoms with Crippen LogP contribution in [-0.4, -0.2) is 18.4 Å². The molecular formula is C22H30N2O2. The first-order valence-electron chi connectivity index (χ1n) is 10.2. The summed E-state index contributed by atoms with van der Waals surface area (Å²) in [5.74, 6) is 2.24. The van der Waals surface area contributed by atoms with Crippen LogP contribution in [0.25, 0.3) is 0 Å². The Morgan fingerprint density at radius 2 is 1.69 bits per heavy atom. The van der Waals surface area contributed by atoms with Crippen LogP contribution in [0.3, 0.4) is 0 Å². The number of carbonyl (C=O) groups is 2. The van der Waals surface area contributed by atoms with Gasteiger partial charge in [0.1, 0.15) is 0 Å². The minimum absolute atomic E-state index is 0.101. The molecule has 4 aliphatic rings. The van der Waals surface area contributed by atoms with Gasteiger partial charge in [0.15, 0.2) is 0 Å². The highest BCUT2D eigenvalue weighted by Crippen LogP contribution is 2.60. The Hall–Kier alpha value is -1.84. The smallest absolute Gasteiger partial charge is 0.253 e. The number of rotatable bonds is 5. The molecule has 0 heterocycles. The van der Waals surface area contributed by atoms with Crippen molar-refractivity contribution in [2.75, 3.05) is 11.9 Å². The summed E-state index contributed by atoms with van der Waals surface area (Å²) < 4.78 is 0. The fourth-order valence-corrected chi connectivity index (χ4v) is 5.93. The van der Waals surface area contributed by atoms with Crippen molar-refractivity contribution in [1.82, 2.24) is 5.32 Å². The third-order valence-corrected chi connectivity index (χ3v) is 6.72. The minimum atomic E-state index is -0.198. The number of nitrogens with one attached hydrogen (secondary N) is 2. The Balaban J connectivity index is 1.55. The van der Waals surface area contributed by atoms with Crippen LogP contribution in [0.15, 0.2) is 18.2 Å². The lowest BCUT2D eigenvalue weighted by Crippen LogP contribution is -2.51. The molecule has 4 saturated carbocycles. The summed E-state index contributed by atoms with van der Waals surface area (Å²) in [7, 11) is 0. The highest BCUT2D eigenvalue weighted by Gasteiger charge is 2.54. The summed E-state index contributed by atoms with van der Waals surface area (Å²) in [6, 6.07) is 5.72. The van der Waals surface area contributed by atoms with E-state index in [0.717, 1.165) is 49.0 Å². The molecule has 4 bridgehead atoms. The molecule has 4 nitrogen and oxygen atoms in total. The summed E-state index contributed by atoms with van der Waals surface area (Å²) in [5.41, 5.74) is 2.07. The molecule has 140 valence electrons. The Bertz CT molecular complexity index is 690. The second-order valence-electron chi connectivity index (χ2n) is 8.96. The van der Waals surface area contributed by atoms with Crippen LogP contribution in [-0.2, 0) is 4.79 Å². The van der Waals surface area contributed by atoms with E-state index < -0.39 is 0 Å². The third-order valence-electron chi connectivity index (χ3n) is 6.72. The quantitative estimate of drug-likeness (QED) is 0.829. The summed E-state index contributed by atoms with van der Waals surface area (Å²) in [4.78, 5) is 25.8. The molecule has 4 aliphatic carbocycles. The molecule has 2 amide bonds. The molecule has 0 unspecified atom stereocenters. The van der Waals surface area contributed by atoms with Crippen LogP contribution in [0.2, 0.25) is 0 Å². The van der Waals surface area contributed by atoms with Gasteiger partial charge in [-0.3, -0.25) is 9.59 Å². The molecular weight excluding hydrogens is 324 g/mol. The average Bonchev–Trinajstić information content (AvgIpc) is 2.60. The summed E-state index contributed by atoms with van der Waals surface area (Å²) in [6.07, 6.45) is 7.97. The second-order valence-corrected chi connectivity index (χ2v) is 8.96. The van der Waals surface area contributed by atoms with Crippen LogP contribution in [0.5, 0.6) is 0 Å². The van der Waals surface area contributed by atoms with Gasteiger partial charge in [-0.2, -0.15) is 0 Å². The number of hydrogen-bond donors (Lipinski definition) is 2. The van der Waals surface area contributed by atoms with Crippen molar-refractivity contribution in [2.24, 2.45) is 23.2 Å². The monoisotopic (exact) mass is 354 g/mol. The van der Waals surface area contributed by atoms with Gasteiger partial charge >= 0.3 is 0 Å². The number of amides is 2. The molecule has 0 atom stereocenters. The molecule has 0 aromatic heterocycles. The van der Waals surface area contributed by atoms with E-state index in [9.17, 15) is 9.59 Å². The maximum atomic E-state index is 13.3. The van der Waals surface area contributed by atoms with E-state index in [0.29, 0.717) is 17.8 Å². The molecule has 2 N–H and O–H groups in total. The van der Waals surface area contributed by atoms with Crippen molar-refractivity contribution < 1.29 is 9.59 Å². The molecule has 0 radical (unpaired) electrons. The Kier molecular flexibility index (Phi) is 4.54. The molecule has 0 aliphatic heterocycles. The highest BCUT2D eigenvalue weighted by atomic mass is 16.2.